The lowest BCUT2D eigenvalue weighted by atomic mass is 10.1. The van der Waals surface area contributed by atoms with Crippen LogP contribution < -0.4 is 0 Å². The molecule has 0 amide bonds. The summed E-state index contributed by atoms with van der Waals surface area (Å²) in [6.45, 7) is -1.13. The van der Waals surface area contributed by atoms with Crippen molar-refractivity contribution in [2.45, 2.75) is 6.17 Å². The third-order valence-electron chi connectivity index (χ3n) is 1.67. The second-order valence-corrected chi connectivity index (χ2v) is 3.44. The Labute approximate surface area is 87.0 Å². The molecule has 0 fully saturated rings. The summed E-state index contributed by atoms with van der Waals surface area (Å²) >= 11 is 2.91. The second-order valence-electron chi connectivity index (χ2n) is 2.59. The van der Waals surface area contributed by atoms with Gasteiger partial charge >= 0.3 is 0 Å². The molecular weight excluding hydrogens is 260 g/mol. The number of nitro groups is 1. The van der Waals surface area contributed by atoms with E-state index in [1.165, 1.54) is 12.1 Å². The molecule has 0 radical (unpaired) electrons. The van der Waals surface area contributed by atoms with Crippen molar-refractivity contribution in [1.29, 1.82) is 0 Å². The SMILES string of the molecule is O=[N+]([O-])c1ccc([C@H](F)CF)cc1Br. The average molecular weight is 266 g/mol. The van der Waals surface area contributed by atoms with E-state index in [9.17, 15) is 18.9 Å². The zero-order chi connectivity index (χ0) is 10.7. The van der Waals surface area contributed by atoms with Gasteiger partial charge in [-0.2, -0.15) is 0 Å². The molecule has 76 valence electrons. The number of rotatable bonds is 3. The van der Waals surface area contributed by atoms with E-state index in [4.69, 9.17) is 0 Å². The fourth-order valence-electron chi connectivity index (χ4n) is 0.955. The summed E-state index contributed by atoms with van der Waals surface area (Å²) in [5.74, 6) is 0. The fraction of sp³-hybridized carbons (Fsp3) is 0.250. The molecule has 1 atom stereocenters. The molecule has 1 aromatic carbocycles. The summed E-state index contributed by atoms with van der Waals surface area (Å²) in [6, 6.07) is 3.55. The van der Waals surface area contributed by atoms with E-state index >= 15 is 0 Å². The minimum atomic E-state index is -1.73. The number of hydrogen-bond donors (Lipinski definition) is 0. The standard InChI is InChI=1S/C8H6BrF2NO2/c9-6-3-5(7(11)4-10)1-2-8(6)12(13)14/h1-3,7H,4H2/t7-/m1/s1. The summed E-state index contributed by atoms with van der Waals surface area (Å²) in [5, 5.41) is 10.4. The fourth-order valence-corrected chi connectivity index (χ4v) is 1.50. The predicted molar refractivity (Wildman–Crippen MR) is 50.6 cm³/mol. The van der Waals surface area contributed by atoms with E-state index in [0.29, 0.717) is 0 Å². The maximum absolute atomic E-state index is 12.8. The highest BCUT2D eigenvalue weighted by Gasteiger charge is 2.15. The lowest BCUT2D eigenvalue weighted by Crippen LogP contribution is -1.95. The average Bonchev–Trinajstić information content (AvgIpc) is 2.15. The van der Waals surface area contributed by atoms with Crippen LogP contribution in [-0.4, -0.2) is 11.6 Å². The van der Waals surface area contributed by atoms with Crippen LogP contribution in [0, 0.1) is 10.1 Å². The highest BCUT2D eigenvalue weighted by atomic mass is 79.9. The normalized spacial score (nSPS) is 12.5. The lowest BCUT2D eigenvalue weighted by molar-refractivity contribution is -0.385. The molecule has 0 aliphatic heterocycles. The predicted octanol–water partition coefficient (Wildman–Crippen LogP) is 3.34. The van der Waals surface area contributed by atoms with Crippen LogP contribution in [0.3, 0.4) is 0 Å². The Morgan fingerprint density at radius 2 is 2.21 bits per heavy atom. The zero-order valence-corrected chi connectivity index (χ0v) is 8.50. The number of benzene rings is 1. The Bertz CT molecular complexity index is 359. The van der Waals surface area contributed by atoms with Gasteiger partial charge in [0.05, 0.1) is 9.40 Å². The van der Waals surface area contributed by atoms with Gasteiger partial charge in [0.25, 0.3) is 5.69 Å². The lowest BCUT2D eigenvalue weighted by Gasteiger charge is -2.04. The van der Waals surface area contributed by atoms with Crippen LogP contribution in [0.1, 0.15) is 11.7 Å². The van der Waals surface area contributed by atoms with E-state index in [0.717, 1.165) is 6.07 Å². The van der Waals surface area contributed by atoms with Crippen molar-refractivity contribution in [3.8, 4) is 0 Å². The molecule has 0 aliphatic rings. The molecule has 0 aromatic heterocycles. The molecule has 0 saturated heterocycles. The monoisotopic (exact) mass is 265 g/mol. The topological polar surface area (TPSA) is 43.1 Å². The second kappa shape index (κ2) is 4.45. The van der Waals surface area contributed by atoms with Crippen LogP contribution in [0.4, 0.5) is 14.5 Å². The number of nitro benzene ring substituents is 1. The van der Waals surface area contributed by atoms with Crippen molar-refractivity contribution in [3.63, 3.8) is 0 Å². The van der Waals surface area contributed by atoms with Crippen molar-refractivity contribution in [2.75, 3.05) is 6.67 Å². The van der Waals surface area contributed by atoms with Gasteiger partial charge in [0.15, 0.2) is 6.17 Å². The third-order valence-corrected chi connectivity index (χ3v) is 2.30. The van der Waals surface area contributed by atoms with Gasteiger partial charge < -0.3 is 0 Å². The highest BCUT2D eigenvalue weighted by molar-refractivity contribution is 9.10. The highest BCUT2D eigenvalue weighted by Crippen LogP contribution is 2.29. The van der Waals surface area contributed by atoms with Crippen LogP contribution in [0.15, 0.2) is 22.7 Å². The first kappa shape index (κ1) is 11.0. The molecule has 0 aliphatic carbocycles. The van der Waals surface area contributed by atoms with Gasteiger partial charge in [-0.25, -0.2) is 8.78 Å². The Balaban J connectivity index is 3.06. The molecule has 0 heterocycles. The van der Waals surface area contributed by atoms with Crippen LogP contribution in [0.5, 0.6) is 0 Å². The van der Waals surface area contributed by atoms with E-state index < -0.39 is 17.8 Å². The van der Waals surface area contributed by atoms with Gasteiger partial charge in [0.2, 0.25) is 0 Å². The molecule has 0 saturated carbocycles. The van der Waals surface area contributed by atoms with E-state index in [1.807, 2.05) is 0 Å². The molecule has 14 heavy (non-hydrogen) atoms. The molecule has 1 rings (SSSR count). The summed E-state index contributed by atoms with van der Waals surface area (Å²) in [6.07, 6.45) is -1.73. The number of alkyl halides is 2. The van der Waals surface area contributed by atoms with Crippen LogP contribution in [0.25, 0.3) is 0 Å². The number of halogens is 3. The summed E-state index contributed by atoms with van der Waals surface area (Å²) < 4.78 is 24.9. The third kappa shape index (κ3) is 2.25. The van der Waals surface area contributed by atoms with Gasteiger partial charge in [-0.3, -0.25) is 10.1 Å². The molecule has 0 unspecified atom stereocenters. The molecular formula is C8H6BrF2NO2. The molecule has 0 N–H and O–H groups in total. The summed E-state index contributed by atoms with van der Waals surface area (Å²) in [7, 11) is 0. The van der Waals surface area contributed by atoms with Crippen molar-refractivity contribution < 1.29 is 13.7 Å². The quantitative estimate of drug-likeness (QED) is 0.622. The number of nitrogens with zero attached hydrogens (tertiary/aromatic N) is 1. The smallest absolute Gasteiger partial charge is 0.258 e. The molecule has 6 heteroatoms. The van der Waals surface area contributed by atoms with Crippen molar-refractivity contribution >= 4 is 21.6 Å². The summed E-state index contributed by atoms with van der Waals surface area (Å²) in [5.41, 5.74) is -0.0789. The summed E-state index contributed by atoms with van der Waals surface area (Å²) in [4.78, 5) is 9.78. The first-order valence-corrected chi connectivity index (χ1v) is 4.49. The zero-order valence-electron chi connectivity index (χ0n) is 6.91. The van der Waals surface area contributed by atoms with E-state index in [-0.39, 0.29) is 15.7 Å². The van der Waals surface area contributed by atoms with E-state index in [1.54, 1.807) is 0 Å². The van der Waals surface area contributed by atoms with Gasteiger partial charge in [0.1, 0.15) is 6.67 Å². The van der Waals surface area contributed by atoms with Crippen molar-refractivity contribution in [2.24, 2.45) is 0 Å². The molecule has 1 aromatic rings. The van der Waals surface area contributed by atoms with Crippen LogP contribution >= 0.6 is 15.9 Å². The largest absolute Gasteiger partial charge is 0.283 e. The Morgan fingerprint density at radius 3 is 2.64 bits per heavy atom. The van der Waals surface area contributed by atoms with Crippen LogP contribution in [0.2, 0.25) is 0 Å². The molecule has 0 bridgehead atoms. The van der Waals surface area contributed by atoms with Crippen molar-refractivity contribution in [1.82, 2.24) is 0 Å². The maximum Gasteiger partial charge on any atom is 0.283 e. The first-order valence-electron chi connectivity index (χ1n) is 3.70. The maximum atomic E-state index is 12.8. The van der Waals surface area contributed by atoms with Crippen LogP contribution in [-0.2, 0) is 0 Å². The van der Waals surface area contributed by atoms with Crippen molar-refractivity contribution in [3.05, 3.63) is 38.3 Å². The molecule has 0 spiro atoms. The van der Waals surface area contributed by atoms with Gasteiger partial charge in [-0.15, -0.1) is 0 Å². The number of hydrogen-bond acceptors (Lipinski definition) is 2. The first-order chi connectivity index (χ1) is 6.56. The minimum Gasteiger partial charge on any atom is -0.258 e. The Hall–Kier alpha value is -1.04. The van der Waals surface area contributed by atoms with Gasteiger partial charge in [-0.1, -0.05) is 0 Å². The minimum absolute atomic E-state index is 0.0879. The molecule has 3 nitrogen and oxygen atoms in total. The Morgan fingerprint density at radius 1 is 1.57 bits per heavy atom. The van der Waals surface area contributed by atoms with Gasteiger partial charge in [0, 0.05) is 6.07 Å². The van der Waals surface area contributed by atoms with Gasteiger partial charge in [-0.05, 0) is 33.6 Å². The van der Waals surface area contributed by atoms with E-state index in [2.05, 4.69) is 15.9 Å². The Kier molecular flexibility index (Phi) is 3.51.